The van der Waals surface area contributed by atoms with Crippen LogP contribution in [-0.4, -0.2) is 21.0 Å². The molecule has 0 saturated heterocycles. The Morgan fingerprint density at radius 3 is 3.00 bits per heavy atom. The van der Waals surface area contributed by atoms with Crippen molar-refractivity contribution >= 4 is 29.5 Å². The van der Waals surface area contributed by atoms with Gasteiger partial charge in [-0.15, -0.1) is 11.3 Å². The van der Waals surface area contributed by atoms with E-state index in [2.05, 4.69) is 9.97 Å². The van der Waals surface area contributed by atoms with Gasteiger partial charge in [-0.25, -0.2) is 9.78 Å². The Balaban J connectivity index is 2.59. The van der Waals surface area contributed by atoms with Gasteiger partial charge < -0.3 is 10.1 Å². The third-order valence-electron chi connectivity index (χ3n) is 1.73. The van der Waals surface area contributed by atoms with Crippen molar-refractivity contribution in [2.75, 3.05) is 0 Å². The molecule has 2 aromatic rings. The summed E-state index contributed by atoms with van der Waals surface area (Å²) < 4.78 is 0.273. The van der Waals surface area contributed by atoms with Crippen LogP contribution in [0, 0.1) is 4.64 Å². The first-order chi connectivity index (χ1) is 7.16. The van der Waals surface area contributed by atoms with Gasteiger partial charge in [0.25, 0.3) is 0 Å². The normalized spacial score (nSPS) is 10.1. The fourth-order valence-electron chi connectivity index (χ4n) is 1.10. The van der Waals surface area contributed by atoms with E-state index in [1.165, 1.54) is 17.4 Å². The molecule has 6 heteroatoms. The fourth-order valence-corrected chi connectivity index (χ4v) is 1.98. The van der Waals surface area contributed by atoms with E-state index in [-0.39, 0.29) is 10.3 Å². The van der Waals surface area contributed by atoms with Gasteiger partial charge in [0.05, 0.1) is 4.88 Å². The number of hydrogen-bond acceptors (Lipinski definition) is 4. The number of carboxylic acid groups (broad SMARTS) is 1. The standard InChI is InChI=1S/C9H6N2O2S2/c12-9(13)5-4-7(14)11-8(10-5)6-2-1-3-15-6/h1-4H,(H,12,13)(H,10,11,14). The number of rotatable bonds is 2. The first kappa shape index (κ1) is 10.0. The second-order valence-corrected chi connectivity index (χ2v) is 4.13. The van der Waals surface area contributed by atoms with E-state index in [0.717, 1.165) is 4.88 Å². The molecule has 0 atom stereocenters. The summed E-state index contributed by atoms with van der Waals surface area (Å²) in [7, 11) is 0. The first-order valence-corrected chi connectivity index (χ1v) is 5.34. The van der Waals surface area contributed by atoms with E-state index in [1.54, 1.807) is 0 Å². The third kappa shape index (κ3) is 2.11. The SMILES string of the molecule is O=C(O)c1cc(=S)nc(-c2cccs2)[nH]1. The second-order valence-electron chi connectivity index (χ2n) is 2.76. The van der Waals surface area contributed by atoms with Crippen LogP contribution in [0.2, 0.25) is 0 Å². The van der Waals surface area contributed by atoms with Crippen molar-refractivity contribution in [1.82, 2.24) is 9.97 Å². The highest BCUT2D eigenvalue weighted by Crippen LogP contribution is 2.20. The predicted molar refractivity (Wildman–Crippen MR) is 59.7 cm³/mol. The summed E-state index contributed by atoms with van der Waals surface area (Å²) in [6, 6.07) is 5.05. The van der Waals surface area contributed by atoms with Crippen LogP contribution in [0.5, 0.6) is 0 Å². The number of hydrogen-bond donors (Lipinski definition) is 2. The zero-order valence-electron chi connectivity index (χ0n) is 7.43. The number of aromatic carboxylic acids is 1. The van der Waals surface area contributed by atoms with Crippen LogP contribution in [0.3, 0.4) is 0 Å². The summed E-state index contributed by atoms with van der Waals surface area (Å²) in [4.78, 5) is 18.4. The highest BCUT2D eigenvalue weighted by atomic mass is 32.1. The van der Waals surface area contributed by atoms with E-state index in [0.29, 0.717) is 5.82 Å². The van der Waals surface area contributed by atoms with Crippen molar-refractivity contribution < 1.29 is 9.90 Å². The number of nitrogens with zero attached hydrogens (tertiary/aromatic N) is 1. The van der Waals surface area contributed by atoms with Gasteiger partial charge in [0.2, 0.25) is 0 Å². The maximum Gasteiger partial charge on any atom is 0.352 e. The lowest BCUT2D eigenvalue weighted by atomic mass is 10.4. The van der Waals surface area contributed by atoms with Gasteiger partial charge >= 0.3 is 5.97 Å². The molecule has 0 bridgehead atoms. The van der Waals surface area contributed by atoms with Crippen LogP contribution in [0.1, 0.15) is 10.5 Å². The monoisotopic (exact) mass is 238 g/mol. The summed E-state index contributed by atoms with van der Waals surface area (Å²) in [5, 5.41) is 10.7. The van der Waals surface area contributed by atoms with Crippen molar-refractivity contribution in [3.05, 3.63) is 33.9 Å². The molecule has 2 N–H and O–H groups in total. The number of carbonyl (C=O) groups is 1. The van der Waals surface area contributed by atoms with E-state index in [9.17, 15) is 4.79 Å². The van der Waals surface area contributed by atoms with Gasteiger partial charge in [0.15, 0.2) is 0 Å². The Morgan fingerprint density at radius 2 is 2.40 bits per heavy atom. The maximum atomic E-state index is 10.8. The molecule has 0 unspecified atom stereocenters. The molecule has 0 aliphatic rings. The average molecular weight is 238 g/mol. The molecular formula is C9H6N2O2S2. The summed E-state index contributed by atoms with van der Waals surface area (Å²) in [5.74, 6) is -0.545. The molecule has 0 radical (unpaired) electrons. The van der Waals surface area contributed by atoms with Crippen LogP contribution in [0.25, 0.3) is 10.7 Å². The minimum absolute atomic E-state index is 0.0541. The third-order valence-corrected chi connectivity index (χ3v) is 2.81. The molecule has 15 heavy (non-hydrogen) atoms. The van der Waals surface area contributed by atoms with E-state index in [1.807, 2.05) is 17.5 Å². The van der Waals surface area contributed by atoms with Crippen molar-refractivity contribution in [3.63, 3.8) is 0 Å². The number of carboxylic acids is 1. The number of H-pyrrole nitrogens is 1. The Labute approximate surface area is 94.2 Å². The van der Waals surface area contributed by atoms with Crippen molar-refractivity contribution in [3.8, 4) is 10.7 Å². The minimum atomic E-state index is -1.04. The van der Waals surface area contributed by atoms with Crippen LogP contribution < -0.4 is 0 Å². The van der Waals surface area contributed by atoms with Crippen molar-refractivity contribution in [2.45, 2.75) is 0 Å². The Hall–Kier alpha value is -1.53. The van der Waals surface area contributed by atoms with Gasteiger partial charge in [0, 0.05) is 6.07 Å². The Bertz CT molecular complexity index is 545. The molecule has 2 rings (SSSR count). The maximum absolute atomic E-state index is 10.8. The molecule has 0 saturated carbocycles. The van der Waals surface area contributed by atoms with Crippen molar-refractivity contribution in [2.24, 2.45) is 0 Å². The number of aromatic nitrogens is 2. The summed E-state index contributed by atoms with van der Waals surface area (Å²) in [6.07, 6.45) is 0. The fraction of sp³-hybridized carbons (Fsp3) is 0. The largest absolute Gasteiger partial charge is 0.477 e. The lowest BCUT2D eigenvalue weighted by Crippen LogP contribution is -2.02. The second kappa shape index (κ2) is 3.92. The molecule has 0 amide bonds. The number of aromatic amines is 1. The van der Waals surface area contributed by atoms with E-state index < -0.39 is 5.97 Å². The topological polar surface area (TPSA) is 66.0 Å². The van der Waals surface area contributed by atoms with E-state index in [4.69, 9.17) is 17.3 Å². The smallest absolute Gasteiger partial charge is 0.352 e. The van der Waals surface area contributed by atoms with Gasteiger partial charge in [0.1, 0.15) is 16.2 Å². The number of thiophene rings is 1. The van der Waals surface area contributed by atoms with Crippen LogP contribution in [0.15, 0.2) is 23.6 Å². The molecule has 0 spiro atoms. The molecule has 76 valence electrons. The zero-order chi connectivity index (χ0) is 10.8. The minimum Gasteiger partial charge on any atom is -0.477 e. The van der Waals surface area contributed by atoms with E-state index >= 15 is 0 Å². The molecule has 0 aliphatic heterocycles. The van der Waals surface area contributed by atoms with Crippen LogP contribution in [-0.2, 0) is 0 Å². The lowest BCUT2D eigenvalue weighted by molar-refractivity contribution is 0.0690. The molecular weight excluding hydrogens is 232 g/mol. The molecule has 4 nitrogen and oxygen atoms in total. The molecule has 0 aliphatic carbocycles. The lowest BCUT2D eigenvalue weighted by Gasteiger charge is -1.99. The Morgan fingerprint density at radius 1 is 1.60 bits per heavy atom. The first-order valence-electron chi connectivity index (χ1n) is 4.05. The summed E-state index contributed by atoms with van der Waals surface area (Å²) in [6.45, 7) is 0. The average Bonchev–Trinajstić information content (AvgIpc) is 2.69. The number of nitrogens with one attached hydrogen (secondary N) is 1. The van der Waals surface area contributed by atoms with Crippen LogP contribution in [0.4, 0.5) is 0 Å². The summed E-state index contributed by atoms with van der Waals surface area (Å²) in [5.41, 5.74) is 0.0541. The van der Waals surface area contributed by atoms with Gasteiger partial charge in [-0.1, -0.05) is 18.3 Å². The molecule has 0 fully saturated rings. The quantitative estimate of drug-likeness (QED) is 0.789. The molecule has 2 heterocycles. The highest BCUT2D eigenvalue weighted by molar-refractivity contribution is 7.71. The van der Waals surface area contributed by atoms with Gasteiger partial charge in [-0.3, -0.25) is 0 Å². The summed E-state index contributed by atoms with van der Waals surface area (Å²) >= 11 is 6.36. The molecule has 0 aromatic carbocycles. The zero-order valence-corrected chi connectivity index (χ0v) is 9.06. The Kier molecular flexibility index (Phi) is 2.61. The highest BCUT2D eigenvalue weighted by Gasteiger charge is 2.07. The molecule has 2 aromatic heterocycles. The van der Waals surface area contributed by atoms with Crippen molar-refractivity contribution in [1.29, 1.82) is 0 Å². The van der Waals surface area contributed by atoms with Gasteiger partial charge in [-0.2, -0.15) is 0 Å². The van der Waals surface area contributed by atoms with Crippen LogP contribution >= 0.6 is 23.6 Å². The van der Waals surface area contributed by atoms with Gasteiger partial charge in [-0.05, 0) is 11.4 Å². The predicted octanol–water partition coefficient (Wildman–Crippen LogP) is 2.57.